The number of nitrogens with zero attached hydrogens (tertiary/aromatic N) is 1. The maximum atomic E-state index is 13.0. The molecule has 100 valence electrons. The predicted octanol–water partition coefficient (Wildman–Crippen LogP) is 0.861. The van der Waals surface area contributed by atoms with Crippen molar-refractivity contribution in [2.75, 3.05) is 39.8 Å². The van der Waals surface area contributed by atoms with Crippen LogP contribution in [0.3, 0.4) is 0 Å². The molecule has 1 unspecified atom stereocenters. The van der Waals surface area contributed by atoms with Gasteiger partial charge in [-0.3, -0.25) is 0 Å². The molecular formula is C14H22FN3. The SMILES string of the molecule is CN1CCNC(CNCCc2cccc(F)c2)C1. The minimum Gasteiger partial charge on any atom is -0.315 e. The second-order valence-electron chi connectivity index (χ2n) is 5.00. The van der Waals surface area contributed by atoms with E-state index in [0.29, 0.717) is 6.04 Å². The van der Waals surface area contributed by atoms with Gasteiger partial charge in [0.15, 0.2) is 0 Å². The summed E-state index contributed by atoms with van der Waals surface area (Å²) in [6.07, 6.45) is 0.875. The number of benzene rings is 1. The Kier molecular flexibility index (Phi) is 5.11. The Labute approximate surface area is 108 Å². The third-order valence-electron chi connectivity index (χ3n) is 3.33. The van der Waals surface area contributed by atoms with Crippen molar-refractivity contribution in [3.63, 3.8) is 0 Å². The average molecular weight is 251 g/mol. The molecule has 18 heavy (non-hydrogen) atoms. The highest BCUT2D eigenvalue weighted by Gasteiger charge is 2.15. The largest absolute Gasteiger partial charge is 0.315 e. The molecule has 1 aliphatic heterocycles. The van der Waals surface area contributed by atoms with Crippen molar-refractivity contribution < 1.29 is 4.39 Å². The summed E-state index contributed by atoms with van der Waals surface area (Å²) in [4.78, 5) is 2.34. The summed E-state index contributed by atoms with van der Waals surface area (Å²) in [6, 6.07) is 7.35. The Morgan fingerprint density at radius 3 is 3.17 bits per heavy atom. The van der Waals surface area contributed by atoms with E-state index in [-0.39, 0.29) is 5.82 Å². The van der Waals surface area contributed by atoms with Crippen molar-refractivity contribution in [1.82, 2.24) is 15.5 Å². The van der Waals surface area contributed by atoms with Crippen LogP contribution in [0, 0.1) is 5.82 Å². The van der Waals surface area contributed by atoms with E-state index in [9.17, 15) is 4.39 Å². The summed E-state index contributed by atoms with van der Waals surface area (Å²) in [5.41, 5.74) is 1.05. The molecule has 1 aliphatic rings. The molecule has 1 atom stereocenters. The first-order chi connectivity index (χ1) is 8.74. The molecule has 0 bridgehead atoms. The molecule has 4 heteroatoms. The molecule has 1 aromatic rings. The lowest BCUT2D eigenvalue weighted by molar-refractivity contribution is 0.235. The van der Waals surface area contributed by atoms with Crippen LogP contribution in [0.15, 0.2) is 24.3 Å². The van der Waals surface area contributed by atoms with Crippen LogP contribution in [0.1, 0.15) is 5.56 Å². The molecule has 0 aliphatic carbocycles. The molecule has 1 heterocycles. The van der Waals surface area contributed by atoms with Crippen LogP contribution in [-0.4, -0.2) is 50.7 Å². The van der Waals surface area contributed by atoms with E-state index in [1.165, 1.54) is 6.07 Å². The molecule has 1 aromatic carbocycles. The first-order valence-corrected chi connectivity index (χ1v) is 6.61. The molecule has 2 rings (SSSR count). The standard InChI is InChI=1S/C14H22FN3/c1-18-8-7-17-14(11-18)10-16-6-5-12-3-2-4-13(15)9-12/h2-4,9,14,16-17H,5-8,10-11H2,1H3. The van der Waals surface area contributed by atoms with Crippen LogP contribution >= 0.6 is 0 Å². The molecule has 0 spiro atoms. The van der Waals surface area contributed by atoms with Gasteiger partial charge in [0.05, 0.1) is 0 Å². The zero-order valence-electron chi connectivity index (χ0n) is 11.0. The molecule has 1 fully saturated rings. The van der Waals surface area contributed by atoms with Crippen molar-refractivity contribution in [3.05, 3.63) is 35.6 Å². The minimum absolute atomic E-state index is 0.150. The van der Waals surface area contributed by atoms with Crippen molar-refractivity contribution >= 4 is 0 Å². The number of nitrogens with one attached hydrogen (secondary N) is 2. The molecule has 0 aromatic heterocycles. The lowest BCUT2D eigenvalue weighted by Gasteiger charge is -2.31. The van der Waals surface area contributed by atoms with Gasteiger partial charge in [-0.05, 0) is 37.7 Å². The Balaban J connectivity index is 1.64. The van der Waals surface area contributed by atoms with Gasteiger partial charge >= 0.3 is 0 Å². The normalized spacial score (nSPS) is 21.1. The fourth-order valence-corrected chi connectivity index (χ4v) is 2.33. The third kappa shape index (κ3) is 4.37. The van der Waals surface area contributed by atoms with E-state index in [0.717, 1.165) is 44.7 Å². The van der Waals surface area contributed by atoms with E-state index in [4.69, 9.17) is 0 Å². The third-order valence-corrected chi connectivity index (χ3v) is 3.33. The number of piperazine rings is 1. The van der Waals surface area contributed by atoms with E-state index in [2.05, 4.69) is 22.6 Å². The number of likely N-dealkylation sites (N-methyl/N-ethyl adjacent to an activating group) is 1. The van der Waals surface area contributed by atoms with Crippen LogP contribution in [-0.2, 0) is 6.42 Å². The quantitative estimate of drug-likeness (QED) is 0.760. The first kappa shape index (κ1) is 13.5. The summed E-state index contributed by atoms with van der Waals surface area (Å²) in [7, 11) is 2.15. The summed E-state index contributed by atoms with van der Waals surface area (Å²) in [5.74, 6) is -0.150. The number of rotatable bonds is 5. The highest BCUT2D eigenvalue weighted by Crippen LogP contribution is 2.03. The highest BCUT2D eigenvalue weighted by molar-refractivity contribution is 5.16. The molecule has 0 amide bonds. The Bertz CT molecular complexity index is 370. The van der Waals surface area contributed by atoms with Crippen LogP contribution in [0.4, 0.5) is 4.39 Å². The van der Waals surface area contributed by atoms with Crippen molar-refractivity contribution in [2.45, 2.75) is 12.5 Å². The van der Waals surface area contributed by atoms with Gasteiger partial charge in [-0.15, -0.1) is 0 Å². The van der Waals surface area contributed by atoms with Crippen molar-refractivity contribution in [2.24, 2.45) is 0 Å². The molecular weight excluding hydrogens is 229 g/mol. The number of hydrogen-bond donors (Lipinski definition) is 2. The van der Waals surface area contributed by atoms with Gasteiger partial charge in [0.1, 0.15) is 5.82 Å². The van der Waals surface area contributed by atoms with E-state index in [1.54, 1.807) is 12.1 Å². The Hall–Kier alpha value is -0.970. The predicted molar refractivity (Wildman–Crippen MR) is 72.3 cm³/mol. The Morgan fingerprint density at radius 1 is 1.50 bits per heavy atom. The molecule has 1 saturated heterocycles. The molecule has 0 saturated carbocycles. The van der Waals surface area contributed by atoms with Gasteiger partial charge in [0.25, 0.3) is 0 Å². The highest BCUT2D eigenvalue weighted by atomic mass is 19.1. The van der Waals surface area contributed by atoms with Crippen LogP contribution in [0.25, 0.3) is 0 Å². The zero-order chi connectivity index (χ0) is 12.8. The van der Waals surface area contributed by atoms with Crippen LogP contribution in [0.2, 0.25) is 0 Å². The van der Waals surface area contributed by atoms with E-state index in [1.807, 2.05) is 6.07 Å². The minimum atomic E-state index is -0.150. The first-order valence-electron chi connectivity index (χ1n) is 6.61. The maximum Gasteiger partial charge on any atom is 0.123 e. The zero-order valence-corrected chi connectivity index (χ0v) is 11.0. The maximum absolute atomic E-state index is 13.0. The van der Waals surface area contributed by atoms with Gasteiger partial charge in [0, 0.05) is 32.2 Å². The summed E-state index contributed by atoms with van der Waals surface area (Å²) < 4.78 is 13.0. The monoisotopic (exact) mass is 251 g/mol. The number of halogens is 1. The smallest absolute Gasteiger partial charge is 0.123 e. The fourth-order valence-electron chi connectivity index (χ4n) is 2.33. The van der Waals surface area contributed by atoms with Crippen LogP contribution < -0.4 is 10.6 Å². The molecule has 3 nitrogen and oxygen atoms in total. The topological polar surface area (TPSA) is 27.3 Å². The lowest BCUT2D eigenvalue weighted by Crippen LogP contribution is -2.53. The van der Waals surface area contributed by atoms with Crippen LogP contribution in [0.5, 0.6) is 0 Å². The lowest BCUT2D eigenvalue weighted by atomic mass is 10.1. The summed E-state index contributed by atoms with van der Waals surface area (Å²) in [6.45, 7) is 5.14. The second kappa shape index (κ2) is 6.83. The van der Waals surface area contributed by atoms with Gasteiger partial charge in [0.2, 0.25) is 0 Å². The summed E-state index contributed by atoms with van der Waals surface area (Å²) in [5, 5.41) is 6.93. The van der Waals surface area contributed by atoms with Gasteiger partial charge in [-0.25, -0.2) is 4.39 Å². The number of hydrogen-bond acceptors (Lipinski definition) is 3. The van der Waals surface area contributed by atoms with Gasteiger partial charge < -0.3 is 15.5 Å². The second-order valence-corrected chi connectivity index (χ2v) is 5.00. The van der Waals surface area contributed by atoms with Gasteiger partial charge in [-0.1, -0.05) is 12.1 Å². The molecule has 2 N–H and O–H groups in total. The van der Waals surface area contributed by atoms with E-state index >= 15 is 0 Å². The van der Waals surface area contributed by atoms with Crippen molar-refractivity contribution in [3.8, 4) is 0 Å². The molecule has 0 radical (unpaired) electrons. The van der Waals surface area contributed by atoms with E-state index < -0.39 is 0 Å². The average Bonchev–Trinajstić information content (AvgIpc) is 2.35. The summed E-state index contributed by atoms with van der Waals surface area (Å²) >= 11 is 0. The fraction of sp³-hybridized carbons (Fsp3) is 0.571. The van der Waals surface area contributed by atoms with Crippen molar-refractivity contribution in [1.29, 1.82) is 0 Å². The Morgan fingerprint density at radius 2 is 2.39 bits per heavy atom. The van der Waals surface area contributed by atoms with Gasteiger partial charge in [-0.2, -0.15) is 0 Å².